The molecule has 106 valence electrons. The molecule has 0 spiro atoms. The standard InChI is InChI=1S/C13H10ClF3N2O/c14-11-6-3-7-12(19-11)18-8-9-4-1-2-5-10(9)20-13(15,16)17/h1-7H,8H2,(H,18,19). The number of aromatic nitrogens is 1. The summed E-state index contributed by atoms with van der Waals surface area (Å²) in [5.41, 5.74) is 0.367. The maximum absolute atomic E-state index is 12.3. The summed E-state index contributed by atoms with van der Waals surface area (Å²) in [5.74, 6) is 0.230. The summed E-state index contributed by atoms with van der Waals surface area (Å²) in [6, 6.07) is 10.9. The van der Waals surface area contributed by atoms with E-state index >= 15 is 0 Å². The van der Waals surface area contributed by atoms with Crippen LogP contribution in [0.25, 0.3) is 0 Å². The smallest absolute Gasteiger partial charge is 0.405 e. The largest absolute Gasteiger partial charge is 0.573 e. The molecule has 0 unspecified atom stereocenters. The van der Waals surface area contributed by atoms with Gasteiger partial charge < -0.3 is 10.1 Å². The zero-order valence-electron chi connectivity index (χ0n) is 10.1. The van der Waals surface area contributed by atoms with Gasteiger partial charge in [-0.25, -0.2) is 4.98 Å². The molecule has 0 aliphatic heterocycles. The minimum absolute atomic E-state index is 0.138. The van der Waals surface area contributed by atoms with E-state index in [9.17, 15) is 13.2 Å². The lowest BCUT2D eigenvalue weighted by Crippen LogP contribution is -2.18. The first kappa shape index (κ1) is 14.5. The Morgan fingerprint density at radius 3 is 2.55 bits per heavy atom. The lowest BCUT2D eigenvalue weighted by molar-refractivity contribution is -0.274. The van der Waals surface area contributed by atoms with Gasteiger partial charge >= 0.3 is 6.36 Å². The molecule has 1 aromatic carbocycles. The summed E-state index contributed by atoms with van der Waals surface area (Å²) in [4.78, 5) is 3.98. The Morgan fingerprint density at radius 2 is 1.85 bits per heavy atom. The van der Waals surface area contributed by atoms with Crippen molar-refractivity contribution in [3.8, 4) is 5.75 Å². The van der Waals surface area contributed by atoms with Crippen LogP contribution in [0.5, 0.6) is 5.75 Å². The van der Waals surface area contributed by atoms with Crippen LogP contribution in [0.1, 0.15) is 5.56 Å². The van der Waals surface area contributed by atoms with Crippen molar-refractivity contribution in [2.45, 2.75) is 12.9 Å². The molecule has 0 atom stereocenters. The van der Waals surface area contributed by atoms with Gasteiger partial charge in [0.25, 0.3) is 0 Å². The predicted molar refractivity (Wildman–Crippen MR) is 69.7 cm³/mol. The molecule has 0 radical (unpaired) electrons. The zero-order chi connectivity index (χ0) is 14.6. The van der Waals surface area contributed by atoms with Crippen molar-refractivity contribution in [1.29, 1.82) is 0 Å². The third kappa shape index (κ3) is 4.31. The minimum Gasteiger partial charge on any atom is -0.405 e. The summed E-state index contributed by atoms with van der Waals surface area (Å²) in [7, 11) is 0. The Morgan fingerprint density at radius 1 is 1.10 bits per heavy atom. The molecular formula is C13H10ClF3N2O. The van der Waals surface area contributed by atoms with Crippen molar-refractivity contribution in [3.05, 3.63) is 53.2 Å². The van der Waals surface area contributed by atoms with Gasteiger partial charge in [-0.15, -0.1) is 13.2 Å². The molecule has 20 heavy (non-hydrogen) atoms. The fourth-order valence-corrected chi connectivity index (χ4v) is 1.73. The number of rotatable bonds is 4. The Labute approximate surface area is 118 Å². The Hall–Kier alpha value is -1.95. The predicted octanol–water partition coefficient (Wildman–Crippen LogP) is 4.25. The maximum Gasteiger partial charge on any atom is 0.573 e. The highest BCUT2D eigenvalue weighted by molar-refractivity contribution is 6.29. The molecule has 1 heterocycles. The summed E-state index contributed by atoms with van der Waals surface area (Å²) >= 11 is 5.72. The van der Waals surface area contributed by atoms with E-state index in [1.807, 2.05) is 0 Å². The number of nitrogens with one attached hydrogen (secondary N) is 1. The Bertz CT molecular complexity index is 590. The zero-order valence-corrected chi connectivity index (χ0v) is 10.9. The number of hydrogen-bond acceptors (Lipinski definition) is 3. The van der Waals surface area contributed by atoms with Gasteiger partial charge in [0, 0.05) is 12.1 Å². The lowest BCUT2D eigenvalue weighted by Gasteiger charge is -2.13. The van der Waals surface area contributed by atoms with E-state index in [0.29, 0.717) is 16.5 Å². The van der Waals surface area contributed by atoms with Crippen molar-refractivity contribution >= 4 is 17.4 Å². The monoisotopic (exact) mass is 302 g/mol. The van der Waals surface area contributed by atoms with E-state index in [2.05, 4.69) is 15.0 Å². The van der Waals surface area contributed by atoms with E-state index in [-0.39, 0.29) is 12.3 Å². The second kappa shape index (κ2) is 6.00. The van der Waals surface area contributed by atoms with E-state index in [0.717, 1.165) is 0 Å². The third-order valence-electron chi connectivity index (χ3n) is 2.37. The van der Waals surface area contributed by atoms with Crippen LogP contribution in [-0.4, -0.2) is 11.3 Å². The first-order valence-corrected chi connectivity index (χ1v) is 6.02. The molecule has 0 fully saturated rings. The number of alkyl halides is 3. The number of benzene rings is 1. The highest BCUT2D eigenvalue weighted by atomic mass is 35.5. The molecule has 1 aromatic heterocycles. The molecule has 2 aromatic rings. The van der Waals surface area contributed by atoms with Crippen LogP contribution in [-0.2, 0) is 6.54 Å². The number of pyridine rings is 1. The molecule has 0 aliphatic carbocycles. The van der Waals surface area contributed by atoms with Crippen LogP contribution >= 0.6 is 11.6 Å². The van der Waals surface area contributed by atoms with E-state index in [4.69, 9.17) is 11.6 Å². The number of anilines is 1. The number of hydrogen-bond donors (Lipinski definition) is 1. The average Bonchev–Trinajstić information content (AvgIpc) is 2.36. The molecule has 0 amide bonds. The molecule has 3 nitrogen and oxygen atoms in total. The van der Waals surface area contributed by atoms with Crippen molar-refractivity contribution in [1.82, 2.24) is 4.98 Å². The van der Waals surface area contributed by atoms with Gasteiger partial charge in [0.15, 0.2) is 0 Å². The second-order valence-corrected chi connectivity index (χ2v) is 4.24. The van der Waals surface area contributed by atoms with Crippen LogP contribution in [0, 0.1) is 0 Å². The SMILES string of the molecule is FC(F)(F)Oc1ccccc1CNc1cccc(Cl)n1. The molecular weight excluding hydrogens is 293 g/mol. The lowest BCUT2D eigenvalue weighted by atomic mass is 10.2. The molecule has 2 rings (SSSR count). The number of nitrogens with zero attached hydrogens (tertiary/aromatic N) is 1. The summed E-state index contributed by atoms with van der Waals surface area (Å²) in [6.07, 6.45) is -4.72. The van der Waals surface area contributed by atoms with Crippen molar-refractivity contribution in [2.75, 3.05) is 5.32 Å². The van der Waals surface area contributed by atoms with Crippen LogP contribution < -0.4 is 10.1 Å². The van der Waals surface area contributed by atoms with E-state index < -0.39 is 6.36 Å². The van der Waals surface area contributed by atoms with E-state index in [1.54, 1.807) is 30.3 Å². The molecule has 0 saturated heterocycles. The summed E-state index contributed by atoms with van der Waals surface area (Å²) in [5, 5.41) is 3.19. The topological polar surface area (TPSA) is 34.1 Å². The normalized spacial score (nSPS) is 11.2. The Kier molecular flexibility index (Phi) is 4.34. The first-order chi connectivity index (χ1) is 9.44. The number of halogens is 4. The maximum atomic E-state index is 12.3. The van der Waals surface area contributed by atoms with Crippen LogP contribution in [0.2, 0.25) is 5.15 Å². The van der Waals surface area contributed by atoms with Gasteiger partial charge in [-0.2, -0.15) is 0 Å². The van der Waals surface area contributed by atoms with Crippen LogP contribution in [0.15, 0.2) is 42.5 Å². The fraction of sp³-hybridized carbons (Fsp3) is 0.154. The highest BCUT2D eigenvalue weighted by Crippen LogP contribution is 2.26. The fourth-order valence-electron chi connectivity index (χ4n) is 1.57. The van der Waals surface area contributed by atoms with Crippen LogP contribution in [0.3, 0.4) is 0 Å². The molecule has 0 bridgehead atoms. The highest BCUT2D eigenvalue weighted by Gasteiger charge is 2.31. The van der Waals surface area contributed by atoms with E-state index in [1.165, 1.54) is 12.1 Å². The van der Waals surface area contributed by atoms with Crippen molar-refractivity contribution < 1.29 is 17.9 Å². The first-order valence-electron chi connectivity index (χ1n) is 5.64. The molecule has 7 heteroatoms. The summed E-state index contributed by atoms with van der Waals surface area (Å²) < 4.78 is 40.8. The molecule has 0 aliphatic rings. The van der Waals surface area contributed by atoms with Gasteiger partial charge in [-0.1, -0.05) is 35.9 Å². The number of ether oxygens (including phenoxy) is 1. The van der Waals surface area contributed by atoms with Gasteiger partial charge in [0.2, 0.25) is 0 Å². The van der Waals surface area contributed by atoms with Crippen molar-refractivity contribution in [2.24, 2.45) is 0 Å². The number of para-hydroxylation sites is 1. The molecule has 0 saturated carbocycles. The molecule has 1 N–H and O–H groups in total. The minimum atomic E-state index is -4.72. The average molecular weight is 303 g/mol. The van der Waals surface area contributed by atoms with Crippen LogP contribution in [0.4, 0.5) is 19.0 Å². The van der Waals surface area contributed by atoms with Gasteiger partial charge in [-0.05, 0) is 18.2 Å². The van der Waals surface area contributed by atoms with Gasteiger partial charge in [-0.3, -0.25) is 0 Å². The quantitative estimate of drug-likeness (QED) is 0.858. The third-order valence-corrected chi connectivity index (χ3v) is 2.58. The van der Waals surface area contributed by atoms with Gasteiger partial charge in [0.05, 0.1) is 0 Å². The Balaban J connectivity index is 2.09. The van der Waals surface area contributed by atoms with Gasteiger partial charge in [0.1, 0.15) is 16.7 Å². The summed E-state index contributed by atoms with van der Waals surface area (Å²) in [6.45, 7) is 0.138. The van der Waals surface area contributed by atoms with Crippen molar-refractivity contribution in [3.63, 3.8) is 0 Å². The second-order valence-electron chi connectivity index (χ2n) is 3.85.